The fourth-order valence-electron chi connectivity index (χ4n) is 3.27. The highest BCUT2D eigenvalue weighted by Crippen LogP contribution is 2.34. The molecule has 4 rings (SSSR count). The molecule has 0 aliphatic carbocycles. The lowest BCUT2D eigenvalue weighted by Gasteiger charge is -2.43. The molecule has 0 amide bonds. The predicted octanol–water partition coefficient (Wildman–Crippen LogP) is 1.94. The van der Waals surface area contributed by atoms with Crippen molar-refractivity contribution in [3.05, 3.63) is 71.8 Å². The zero-order valence-electron chi connectivity index (χ0n) is 14.2. The molecule has 6 heteroatoms. The van der Waals surface area contributed by atoms with Gasteiger partial charge in [0.15, 0.2) is 12.6 Å². The van der Waals surface area contributed by atoms with Crippen LogP contribution in [0.25, 0.3) is 0 Å². The van der Waals surface area contributed by atoms with Crippen molar-refractivity contribution in [1.82, 2.24) is 0 Å². The van der Waals surface area contributed by atoms with Crippen molar-refractivity contribution >= 4 is 0 Å². The summed E-state index contributed by atoms with van der Waals surface area (Å²) in [6.07, 6.45) is -4.47. The summed E-state index contributed by atoms with van der Waals surface area (Å²) in [5.74, 6) is 0. The molecule has 2 aliphatic rings. The summed E-state index contributed by atoms with van der Waals surface area (Å²) in [6, 6.07) is 19.0. The van der Waals surface area contributed by atoms with Gasteiger partial charge in [-0.3, -0.25) is 0 Å². The smallest absolute Gasteiger partial charge is 0.184 e. The summed E-state index contributed by atoms with van der Waals surface area (Å²) in [6.45, 7) is 0.210. The summed E-state index contributed by atoms with van der Waals surface area (Å²) in [5, 5.41) is 20.8. The van der Waals surface area contributed by atoms with Crippen LogP contribution >= 0.6 is 0 Å². The Morgan fingerprint density at radius 1 is 0.615 bits per heavy atom. The number of aliphatic hydroxyl groups is 2. The molecule has 0 aromatic heterocycles. The molecule has 2 aliphatic heterocycles. The van der Waals surface area contributed by atoms with E-state index >= 15 is 0 Å². The van der Waals surface area contributed by atoms with E-state index in [9.17, 15) is 10.2 Å². The van der Waals surface area contributed by atoms with Gasteiger partial charge in [-0.25, -0.2) is 0 Å². The minimum atomic E-state index is -0.899. The molecule has 6 nitrogen and oxygen atoms in total. The van der Waals surface area contributed by atoms with Gasteiger partial charge in [-0.2, -0.15) is 0 Å². The van der Waals surface area contributed by atoms with Gasteiger partial charge < -0.3 is 29.2 Å². The van der Waals surface area contributed by atoms with E-state index in [0.717, 1.165) is 11.1 Å². The van der Waals surface area contributed by atoms with Crippen LogP contribution in [0.3, 0.4) is 0 Å². The van der Waals surface area contributed by atoms with Gasteiger partial charge in [0, 0.05) is 11.1 Å². The first kappa shape index (κ1) is 17.6. The van der Waals surface area contributed by atoms with Crippen LogP contribution in [0.1, 0.15) is 23.7 Å². The summed E-state index contributed by atoms with van der Waals surface area (Å²) >= 11 is 0. The monoisotopic (exact) mass is 358 g/mol. The van der Waals surface area contributed by atoms with Crippen molar-refractivity contribution in [3.8, 4) is 0 Å². The van der Waals surface area contributed by atoms with Gasteiger partial charge in [0.05, 0.1) is 13.2 Å². The first-order chi connectivity index (χ1) is 12.7. The normalized spacial score (nSPS) is 35.2. The maximum Gasteiger partial charge on any atom is 0.184 e. The van der Waals surface area contributed by atoms with Crippen LogP contribution in [-0.4, -0.2) is 47.8 Å². The van der Waals surface area contributed by atoms with Crippen LogP contribution < -0.4 is 0 Å². The van der Waals surface area contributed by atoms with Crippen molar-refractivity contribution in [2.45, 2.75) is 37.0 Å². The molecule has 2 aromatic rings. The zero-order chi connectivity index (χ0) is 17.9. The van der Waals surface area contributed by atoms with E-state index in [1.165, 1.54) is 0 Å². The molecule has 0 radical (unpaired) electrons. The molecular formula is C20H22O6. The van der Waals surface area contributed by atoms with Gasteiger partial charge in [0.1, 0.15) is 24.4 Å². The molecule has 2 fully saturated rings. The Kier molecular flexibility index (Phi) is 5.31. The lowest BCUT2D eigenvalue weighted by molar-refractivity contribution is -0.331. The Morgan fingerprint density at radius 2 is 1.00 bits per heavy atom. The number of ether oxygens (including phenoxy) is 4. The first-order valence-corrected chi connectivity index (χ1v) is 8.72. The number of rotatable bonds is 3. The summed E-state index contributed by atoms with van der Waals surface area (Å²) < 4.78 is 23.1. The SMILES string of the molecule is O[C@H]1COC(c2ccccc2)O[C@@H]1[C@H]1OC(c2ccccc2)OC[C@@H]1O. The predicted molar refractivity (Wildman–Crippen MR) is 92.0 cm³/mol. The van der Waals surface area contributed by atoms with Crippen LogP contribution in [0.2, 0.25) is 0 Å². The Hall–Kier alpha value is -1.80. The Morgan fingerprint density at radius 3 is 1.38 bits per heavy atom. The maximum atomic E-state index is 10.4. The molecule has 0 saturated carbocycles. The van der Waals surface area contributed by atoms with E-state index in [1.807, 2.05) is 60.7 Å². The molecule has 26 heavy (non-hydrogen) atoms. The van der Waals surface area contributed by atoms with Crippen LogP contribution in [0.4, 0.5) is 0 Å². The average molecular weight is 358 g/mol. The Labute approximate surface area is 151 Å². The molecule has 0 spiro atoms. The lowest BCUT2D eigenvalue weighted by atomic mass is 10.0. The fourth-order valence-corrected chi connectivity index (χ4v) is 3.27. The number of benzene rings is 2. The second kappa shape index (κ2) is 7.84. The standard InChI is InChI=1S/C20H22O6/c21-15-11-23-19(13-7-3-1-4-8-13)25-17(15)18-16(22)12-24-20(26-18)14-9-5-2-6-10-14/h1-10,15-22H,11-12H2/t15-,16-,17-,18-,19?,20?/m0/s1. The van der Waals surface area contributed by atoms with E-state index in [-0.39, 0.29) is 13.2 Å². The highest BCUT2D eigenvalue weighted by atomic mass is 16.7. The van der Waals surface area contributed by atoms with E-state index < -0.39 is 37.0 Å². The van der Waals surface area contributed by atoms with Crippen LogP contribution in [-0.2, 0) is 18.9 Å². The molecule has 2 N–H and O–H groups in total. The zero-order valence-corrected chi connectivity index (χ0v) is 14.2. The molecule has 6 atom stereocenters. The first-order valence-electron chi connectivity index (χ1n) is 8.72. The van der Waals surface area contributed by atoms with E-state index in [0.29, 0.717) is 0 Å². The number of hydrogen-bond donors (Lipinski definition) is 2. The van der Waals surface area contributed by atoms with Gasteiger partial charge in [0.25, 0.3) is 0 Å². The van der Waals surface area contributed by atoms with E-state index in [1.54, 1.807) is 0 Å². The second-order valence-corrected chi connectivity index (χ2v) is 6.49. The fraction of sp³-hybridized carbons (Fsp3) is 0.400. The van der Waals surface area contributed by atoms with Gasteiger partial charge in [0.2, 0.25) is 0 Å². The molecule has 138 valence electrons. The van der Waals surface area contributed by atoms with Crippen molar-refractivity contribution in [2.75, 3.05) is 13.2 Å². The van der Waals surface area contributed by atoms with Crippen molar-refractivity contribution < 1.29 is 29.2 Å². The minimum absolute atomic E-state index is 0.105. The third kappa shape index (κ3) is 3.66. The Bertz CT molecular complexity index is 632. The second-order valence-electron chi connectivity index (χ2n) is 6.49. The number of aliphatic hydroxyl groups excluding tert-OH is 2. The van der Waals surface area contributed by atoms with Gasteiger partial charge in [-0.15, -0.1) is 0 Å². The van der Waals surface area contributed by atoms with Crippen LogP contribution in [0.15, 0.2) is 60.7 Å². The molecule has 2 heterocycles. The average Bonchev–Trinajstić information content (AvgIpc) is 2.70. The quantitative estimate of drug-likeness (QED) is 0.873. The lowest BCUT2D eigenvalue weighted by Crippen LogP contribution is -2.55. The van der Waals surface area contributed by atoms with Crippen molar-refractivity contribution in [2.24, 2.45) is 0 Å². The molecule has 2 unspecified atom stereocenters. The summed E-state index contributed by atoms with van der Waals surface area (Å²) in [7, 11) is 0. The van der Waals surface area contributed by atoms with E-state index in [2.05, 4.69) is 0 Å². The summed E-state index contributed by atoms with van der Waals surface area (Å²) in [4.78, 5) is 0. The van der Waals surface area contributed by atoms with Gasteiger partial charge in [-0.1, -0.05) is 60.7 Å². The van der Waals surface area contributed by atoms with Crippen molar-refractivity contribution in [1.29, 1.82) is 0 Å². The van der Waals surface area contributed by atoms with Gasteiger partial charge >= 0.3 is 0 Å². The molecular weight excluding hydrogens is 336 g/mol. The maximum absolute atomic E-state index is 10.4. The highest BCUT2D eigenvalue weighted by Gasteiger charge is 2.44. The van der Waals surface area contributed by atoms with Gasteiger partial charge in [-0.05, 0) is 0 Å². The van der Waals surface area contributed by atoms with Crippen molar-refractivity contribution in [3.63, 3.8) is 0 Å². The largest absolute Gasteiger partial charge is 0.388 e. The highest BCUT2D eigenvalue weighted by molar-refractivity contribution is 5.18. The van der Waals surface area contributed by atoms with E-state index in [4.69, 9.17) is 18.9 Å². The third-order valence-electron chi connectivity index (χ3n) is 4.62. The Balaban J connectivity index is 1.51. The molecule has 2 saturated heterocycles. The number of hydrogen-bond acceptors (Lipinski definition) is 6. The molecule has 2 aromatic carbocycles. The summed E-state index contributed by atoms with van der Waals surface area (Å²) in [5.41, 5.74) is 1.70. The minimum Gasteiger partial charge on any atom is -0.388 e. The van der Waals surface area contributed by atoms with Crippen LogP contribution in [0.5, 0.6) is 0 Å². The molecule has 0 bridgehead atoms. The third-order valence-corrected chi connectivity index (χ3v) is 4.62. The topological polar surface area (TPSA) is 77.4 Å². The van der Waals surface area contributed by atoms with Crippen LogP contribution in [0, 0.1) is 0 Å².